The highest BCUT2D eigenvalue weighted by Gasteiger charge is 2.39. The van der Waals surface area contributed by atoms with Crippen LogP contribution in [-0.2, 0) is 0 Å². The van der Waals surface area contributed by atoms with E-state index in [1.807, 2.05) is 14.1 Å². The zero-order valence-electron chi connectivity index (χ0n) is 11.1. The molecule has 19 heavy (non-hydrogen) atoms. The van der Waals surface area contributed by atoms with Crippen LogP contribution in [0.5, 0.6) is 0 Å². The monoisotopic (exact) mass is 271 g/mol. The summed E-state index contributed by atoms with van der Waals surface area (Å²) in [5, 5.41) is 2.95. The standard InChI is InChI=1S/C12H19F2N5/c1-19(2)12(4-3-5-12)7-16-10-8(13)6-9(14)11(17-10)18-15/h6H,3-5,7,15H2,1-2H3,(H2,16,17,18). The molecule has 0 radical (unpaired) electrons. The number of anilines is 2. The van der Waals surface area contributed by atoms with Crippen LogP contribution in [0.15, 0.2) is 6.07 Å². The first kappa shape index (κ1) is 14.0. The predicted molar refractivity (Wildman–Crippen MR) is 70.7 cm³/mol. The van der Waals surface area contributed by atoms with Crippen molar-refractivity contribution in [3.8, 4) is 0 Å². The molecule has 1 fully saturated rings. The number of nitrogen functional groups attached to an aromatic ring is 1. The maximum absolute atomic E-state index is 13.6. The zero-order chi connectivity index (χ0) is 14.0. The van der Waals surface area contributed by atoms with E-state index in [4.69, 9.17) is 5.84 Å². The van der Waals surface area contributed by atoms with E-state index in [1.54, 1.807) is 0 Å². The van der Waals surface area contributed by atoms with Gasteiger partial charge >= 0.3 is 0 Å². The first-order valence-corrected chi connectivity index (χ1v) is 6.22. The number of pyridine rings is 1. The Morgan fingerprint density at radius 3 is 2.42 bits per heavy atom. The van der Waals surface area contributed by atoms with Gasteiger partial charge in [-0.3, -0.25) is 0 Å². The molecule has 1 aromatic rings. The third-order valence-corrected chi connectivity index (χ3v) is 3.88. The Bertz CT molecular complexity index is 460. The van der Waals surface area contributed by atoms with Crippen molar-refractivity contribution in [3.63, 3.8) is 0 Å². The van der Waals surface area contributed by atoms with Crippen LogP contribution in [-0.4, -0.2) is 36.1 Å². The Hall–Kier alpha value is -1.47. The fourth-order valence-corrected chi connectivity index (χ4v) is 2.31. The van der Waals surface area contributed by atoms with Gasteiger partial charge in [-0.25, -0.2) is 19.6 Å². The molecular formula is C12H19F2N5. The summed E-state index contributed by atoms with van der Waals surface area (Å²) < 4.78 is 26.8. The molecule has 0 bridgehead atoms. The number of nitrogens with zero attached hydrogens (tertiary/aromatic N) is 2. The van der Waals surface area contributed by atoms with Crippen LogP contribution < -0.4 is 16.6 Å². The minimum Gasteiger partial charge on any atom is -0.366 e. The molecule has 0 amide bonds. The summed E-state index contributed by atoms with van der Waals surface area (Å²) in [6, 6.07) is 0.771. The van der Waals surface area contributed by atoms with Gasteiger partial charge in [0, 0.05) is 18.2 Å². The molecule has 1 aliphatic rings. The SMILES string of the molecule is CN(C)C1(CNc2nc(NN)c(F)cc2F)CCC1. The first-order chi connectivity index (χ1) is 8.98. The summed E-state index contributed by atoms with van der Waals surface area (Å²) in [7, 11) is 4.00. The van der Waals surface area contributed by atoms with Crippen molar-refractivity contribution in [1.82, 2.24) is 9.88 Å². The summed E-state index contributed by atoms with van der Waals surface area (Å²) in [5.41, 5.74) is 2.13. The van der Waals surface area contributed by atoms with E-state index in [9.17, 15) is 8.78 Å². The predicted octanol–water partition coefficient (Wildman–Crippen LogP) is 1.54. The van der Waals surface area contributed by atoms with E-state index in [2.05, 4.69) is 20.6 Å². The van der Waals surface area contributed by atoms with E-state index in [-0.39, 0.29) is 17.2 Å². The average molecular weight is 271 g/mol. The van der Waals surface area contributed by atoms with Crippen molar-refractivity contribution < 1.29 is 8.78 Å². The maximum atomic E-state index is 13.6. The lowest BCUT2D eigenvalue weighted by Crippen LogP contribution is -2.54. The van der Waals surface area contributed by atoms with E-state index in [0.29, 0.717) is 6.54 Å². The number of nitrogens with two attached hydrogens (primary N) is 1. The van der Waals surface area contributed by atoms with E-state index >= 15 is 0 Å². The molecular weight excluding hydrogens is 252 g/mol. The molecule has 1 aliphatic carbocycles. The maximum Gasteiger partial charge on any atom is 0.178 e. The number of hydrogen-bond donors (Lipinski definition) is 3. The molecule has 106 valence electrons. The molecule has 0 aliphatic heterocycles. The lowest BCUT2D eigenvalue weighted by molar-refractivity contribution is 0.0737. The fourth-order valence-electron chi connectivity index (χ4n) is 2.31. The summed E-state index contributed by atoms with van der Waals surface area (Å²) in [6.07, 6.45) is 3.27. The molecule has 1 saturated carbocycles. The largest absolute Gasteiger partial charge is 0.366 e. The number of hydrazine groups is 1. The Morgan fingerprint density at radius 1 is 1.32 bits per heavy atom. The van der Waals surface area contributed by atoms with Crippen molar-refractivity contribution in [3.05, 3.63) is 17.7 Å². The quantitative estimate of drug-likeness (QED) is 0.560. The van der Waals surface area contributed by atoms with Crippen LogP contribution in [0.2, 0.25) is 0 Å². The van der Waals surface area contributed by atoms with Gasteiger partial charge < -0.3 is 15.6 Å². The topological polar surface area (TPSA) is 66.2 Å². The molecule has 2 rings (SSSR count). The molecule has 1 aromatic heterocycles. The van der Waals surface area contributed by atoms with Crippen LogP contribution in [0.4, 0.5) is 20.4 Å². The Balaban J connectivity index is 2.11. The van der Waals surface area contributed by atoms with Crippen LogP contribution in [0.25, 0.3) is 0 Å². The van der Waals surface area contributed by atoms with Gasteiger partial charge in [0.05, 0.1) is 0 Å². The van der Waals surface area contributed by atoms with Crippen molar-refractivity contribution in [1.29, 1.82) is 0 Å². The normalized spacial score (nSPS) is 17.2. The lowest BCUT2D eigenvalue weighted by atomic mass is 9.75. The van der Waals surface area contributed by atoms with Crippen LogP contribution in [0, 0.1) is 11.6 Å². The van der Waals surface area contributed by atoms with Crippen molar-refractivity contribution >= 4 is 11.6 Å². The zero-order valence-corrected chi connectivity index (χ0v) is 11.1. The Kier molecular flexibility index (Phi) is 3.86. The van der Waals surface area contributed by atoms with Gasteiger partial charge in [0.25, 0.3) is 0 Å². The van der Waals surface area contributed by atoms with Crippen molar-refractivity contribution in [2.75, 3.05) is 31.4 Å². The summed E-state index contributed by atoms with van der Waals surface area (Å²) in [5.74, 6) is 3.45. The number of aromatic nitrogens is 1. The second kappa shape index (κ2) is 5.26. The molecule has 7 heteroatoms. The van der Waals surface area contributed by atoms with E-state index < -0.39 is 11.6 Å². The lowest BCUT2D eigenvalue weighted by Gasteiger charge is -2.47. The summed E-state index contributed by atoms with van der Waals surface area (Å²) in [6.45, 7) is 0.569. The second-order valence-electron chi connectivity index (χ2n) is 5.12. The average Bonchev–Trinajstić information content (AvgIpc) is 2.29. The number of nitrogens with one attached hydrogen (secondary N) is 2. The third-order valence-electron chi connectivity index (χ3n) is 3.88. The Labute approximate surface area is 111 Å². The second-order valence-corrected chi connectivity index (χ2v) is 5.12. The molecule has 0 saturated heterocycles. The van der Waals surface area contributed by atoms with Crippen LogP contribution in [0.3, 0.4) is 0 Å². The van der Waals surface area contributed by atoms with Crippen LogP contribution in [0.1, 0.15) is 19.3 Å². The van der Waals surface area contributed by atoms with Gasteiger partial charge in [0.2, 0.25) is 0 Å². The first-order valence-electron chi connectivity index (χ1n) is 6.22. The van der Waals surface area contributed by atoms with Gasteiger partial charge in [-0.05, 0) is 33.4 Å². The third kappa shape index (κ3) is 2.62. The van der Waals surface area contributed by atoms with E-state index in [1.165, 1.54) is 0 Å². The van der Waals surface area contributed by atoms with Gasteiger partial charge in [-0.1, -0.05) is 0 Å². The minimum atomic E-state index is -0.809. The number of rotatable bonds is 5. The molecule has 1 heterocycles. The molecule has 0 unspecified atom stereocenters. The highest BCUT2D eigenvalue weighted by molar-refractivity contribution is 5.47. The molecule has 0 spiro atoms. The smallest absolute Gasteiger partial charge is 0.178 e. The van der Waals surface area contributed by atoms with Crippen molar-refractivity contribution in [2.45, 2.75) is 24.8 Å². The van der Waals surface area contributed by atoms with E-state index in [0.717, 1.165) is 25.3 Å². The number of halogens is 2. The molecule has 4 N–H and O–H groups in total. The van der Waals surface area contributed by atoms with Gasteiger partial charge in [0.15, 0.2) is 23.3 Å². The van der Waals surface area contributed by atoms with Gasteiger partial charge in [0.1, 0.15) is 0 Å². The summed E-state index contributed by atoms with van der Waals surface area (Å²) >= 11 is 0. The minimum absolute atomic E-state index is 0.0162. The van der Waals surface area contributed by atoms with Gasteiger partial charge in [-0.2, -0.15) is 0 Å². The van der Waals surface area contributed by atoms with Gasteiger partial charge in [-0.15, -0.1) is 0 Å². The summed E-state index contributed by atoms with van der Waals surface area (Å²) in [4.78, 5) is 5.93. The van der Waals surface area contributed by atoms with Crippen LogP contribution >= 0.6 is 0 Å². The number of likely N-dealkylation sites (N-methyl/N-ethyl adjacent to an activating group) is 1. The molecule has 5 nitrogen and oxygen atoms in total. The van der Waals surface area contributed by atoms with Crippen molar-refractivity contribution in [2.24, 2.45) is 5.84 Å². The Morgan fingerprint density at radius 2 is 1.95 bits per heavy atom. The highest BCUT2D eigenvalue weighted by Crippen LogP contribution is 2.36. The fraction of sp³-hybridized carbons (Fsp3) is 0.583. The molecule has 0 aromatic carbocycles. The number of hydrogen-bond acceptors (Lipinski definition) is 5. The highest BCUT2D eigenvalue weighted by atomic mass is 19.1. The molecule has 0 atom stereocenters.